The molecule has 0 aromatic carbocycles. The summed E-state index contributed by atoms with van der Waals surface area (Å²) >= 11 is 0. The smallest absolute Gasteiger partial charge is 0.0416 e. The van der Waals surface area contributed by atoms with Crippen molar-refractivity contribution in [2.24, 2.45) is 0 Å². The van der Waals surface area contributed by atoms with Gasteiger partial charge in [0.1, 0.15) is 0 Å². The Morgan fingerprint density at radius 2 is 2.11 bits per heavy atom. The van der Waals surface area contributed by atoms with Crippen molar-refractivity contribution in [2.45, 2.75) is 38.1 Å². The van der Waals surface area contributed by atoms with Gasteiger partial charge in [-0.3, -0.25) is 4.98 Å². The number of aromatic nitrogens is 1. The Morgan fingerprint density at radius 1 is 1.28 bits per heavy atom. The molecule has 0 unspecified atom stereocenters. The molecule has 1 saturated carbocycles. The molecule has 3 nitrogen and oxygen atoms in total. The molecule has 1 aromatic heterocycles. The topological polar surface area (TPSA) is 28.2 Å². The number of nitrogens with zero attached hydrogens (tertiary/aromatic N) is 2. The molecule has 18 heavy (non-hydrogen) atoms. The maximum Gasteiger partial charge on any atom is 0.0416 e. The summed E-state index contributed by atoms with van der Waals surface area (Å²) in [5, 5.41) is 3.65. The molecule has 0 atom stereocenters. The van der Waals surface area contributed by atoms with E-state index in [4.69, 9.17) is 0 Å². The van der Waals surface area contributed by atoms with Gasteiger partial charge in [0, 0.05) is 44.0 Å². The molecular weight excluding hydrogens is 222 g/mol. The molecule has 1 N–H and O–H groups in total. The van der Waals surface area contributed by atoms with Gasteiger partial charge in [-0.2, -0.15) is 0 Å². The number of hydrogen-bond acceptors (Lipinski definition) is 3. The van der Waals surface area contributed by atoms with Crippen LogP contribution in [0.25, 0.3) is 0 Å². The fraction of sp³-hybridized carbons (Fsp3) is 0.667. The minimum atomic E-state index is 0.786. The molecule has 0 amide bonds. The first-order valence-electron chi connectivity index (χ1n) is 7.16. The van der Waals surface area contributed by atoms with E-state index in [1.807, 2.05) is 12.3 Å². The lowest BCUT2D eigenvalue weighted by Gasteiger charge is -2.18. The first-order chi connectivity index (χ1) is 8.84. The zero-order valence-corrected chi connectivity index (χ0v) is 11.4. The summed E-state index contributed by atoms with van der Waals surface area (Å²) < 4.78 is 0. The van der Waals surface area contributed by atoms with E-state index in [-0.39, 0.29) is 0 Å². The van der Waals surface area contributed by atoms with Crippen LogP contribution in [0.5, 0.6) is 0 Å². The van der Waals surface area contributed by atoms with Crippen molar-refractivity contribution in [3.8, 4) is 0 Å². The predicted molar refractivity (Wildman–Crippen MR) is 75.7 cm³/mol. The Hall–Kier alpha value is -0.930. The van der Waals surface area contributed by atoms with Gasteiger partial charge in [-0.1, -0.05) is 18.9 Å². The molecule has 1 aliphatic carbocycles. The first-order valence-corrected chi connectivity index (χ1v) is 7.16. The molecular formula is C15H25N3. The fourth-order valence-electron chi connectivity index (χ4n) is 2.55. The van der Waals surface area contributed by atoms with Crippen LogP contribution in [0.1, 0.15) is 31.4 Å². The minimum absolute atomic E-state index is 0.786. The predicted octanol–water partition coefficient (Wildman–Crippen LogP) is 2.09. The Kier molecular flexibility index (Phi) is 5.62. The van der Waals surface area contributed by atoms with Crippen molar-refractivity contribution in [2.75, 3.05) is 26.7 Å². The Bertz CT molecular complexity index is 320. The lowest BCUT2D eigenvalue weighted by molar-refractivity contribution is 0.326. The Morgan fingerprint density at radius 3 is 2.83 bits per heavy atom. The molecule has 0 radical (unpaired) electrons. The third kappa shape index (κ3) is 4.75. The van der Waals surface area contributed by atoms with E-state index in [1.54, 1.807) is 0 Å². The van der Waals surface area contributed by atoms with Crippen LogP contribution in [0.15, 0.2) is 24.4 Å². The number of pyridine rings is 1. The van der Waals surface area contributed by atoms with Crippen LogP contribution in [-0.4, -0.2) is 42.6 Å². The van der Waals surface area contributed by atoms with Crippen LogP contribution in [0.3, 0.4) is 0 Å². The van der Waals surface area contributed by atoms with Crippen LogP contribution in [0.2, 0.25) is 0 Å². The van der Waals surface area contributed by atoms with E-state index in [0.29, 0.717) is 0 Å². The maximum absolute atomic E-state index is 4.35. The zero-order chi connectivity index (χ0) is 12.6. The van der Waals surface area contributed by atoms with E-state index in [2.05, 4.69) is 34.4 Å². The second-order valence-corrected chi connectivity index (χ2v) is 5.31. The molecule has 1 aromatic rings. The highest BCUT2D eigenvalue weighted by atomic mass is 15.1. The van der Waals surface area contributed by atoms with Gasteiger partial charge in [0.25, 0.3) is 0 Å². The second-order valence-electron chi connectivity index (χ2n) is 5.31. The minimum Gasteiger partial charge on any atom is -0.313 e. The summed E-state index contributed by atoms with van der Waals surface area (Å²) in [5.74, 6) is 0. The number of hydrogen-bond donors (Lipinski definition) is 1. The Balaban J connectivity index is 1.56. The van der Waals surface area contributed by atoms with Gasteiger partial charge in [-0.05, 0) is 32.0 Å². The van der Waals surface area contributed by atoms with Crippen LogP contribution < -0.4 is 5.32 Å². The first kappa shape index (κ1) is 13.5. The van der Waals surface area contributed by atoms with E-state index >= 15 is 0 Å². The highest BCUT2D eigenvalue weighted by Crippen LogP contribution is 2.17. The average Bonchev–Trinajstić information content (AvgIpc) is 2.91. The van der Waals surface area contributed by atoms with Gasteiger partial charge in [-0.25, -0.2) is 0 Å². The normalized spacial score (nSPS) is 16.6. The molecule has 1 aliphatic rings. The van der Waals surface area contributed by atoms with Gasteiger partial charge >= 0.3 is 0 Å². The van der Waals surface area contributed by atoms with Crippen molar-refractivity contribution in [1.29, 1.82) is 0 Å². The average molecular weight is 247 g/mol. The SMILES string of the molecule is CN(CCNC1CCCC1)CCc1ccccn1. The summed E-state index contributed by atoms with van der Waals surface area (Å²) in [4.78, 5) is 6.74. The van der Waals surface area contributed by atoms with Gasteiger partial charge in [0.05, 0.1) is 0 Å². The summed E-state index contributed by atoms with van der Waals surface area (Å²) in [6.07, 6.45) is 8.48. The summed E-state index contributed by atoms with van der Waals surface area (Å²) in [6.45, 7) is 3.33. The highest BCUT2D eigenvalue weighted by Gasteiger charge is 2.13. The third-order valence-electron chi connectivity index (χ3n) is 3.76. The maximum atomic E-state index is 4.35. The molecule has 3 heteroatoms. The number of rotatable bonds is 7. The van der Waals surface area contributed by atoms with Crippen molar-refractivity contribution < 1.29 is 0 Å². The van der Waals surface area contributed by atoms with Gasteiger partial charge in [0.15, 0.2) is 0 Å². The third-order valence-corrected chi connectivity index (χ3v) is 3.76. The zero-order valence-electron chi connectivity index (χ0n) is 11.4. The molecule has 0 aliphatic heterocycles. The van der Waals surface area contributed by atoms with Crippen molar-refractivity contribution in [1.82, 2.24) is 15.2 Å². The van der Waals surface area contributed by atoms with Crippen molar-refractivity contribution in [3.63, 3.8) is 0 Å². The lowest BCUT2D eigenvalue weighted by atomic mass is 10.2. The molecule has 0 bridgehead atoms. The summed E-state index contributed by atoms with van der Waals surface area (Å²) in [7, 11) is 2.19. The van der Waals surface area contributed by atoms with E-state index < -0.39 is 0 Å². The number of likely N-dealkylation sites (N-methyl/N-ethyl adjacent to an activating group) is 1. The molecule has 0 saturated heterocycles. The van der Waals surface area contributed by atoms with Crippen LogP contribution >= 0.6 is 0 Å². The van der Waals surface area contributed by atoms with E-state index in [9.17, 15) is 0 Å². The largest absolute Gasteiger partial charge is 0.313 e. The van der Waals surface area contributed by atoms with Crippen LogP contribution in [0, 0.1) is 0 Å². The monoisotopic (exact) mass is 247 g/mol. The lowest BCUT2D eigenvalue weighted by Crippen LogP contribution is -2.35. The van der Waals surface area contributed by atoms with E-state index in [0.717, 1.165) is 32.1 Å². The van der Waals surface area contributed by atoms with Crippen molar-refractivity contribution >= 4 is 0 Å². The standard InChI is InChI=1S/C15H25N3/c1-18(12-9-15-8-4-5-10-16-15)13-11-17-14-6-2-3-7-14/h4-5,8,10,14,17H,2-3,6-7,9,11-13H2,1H3. The van der Waals surface area contributed by atoms with Crippen LogP contribution in [0.4, 0.5) is 0 Å². The molecule has 1 heterocycles. The van der Waals surface area contributed by atoms with Gasteiger partial charge in [0.2, 0.25) is 0 Å². The van der Waals surface area contributed by atoms with Gasteiger partial charge in [-0.15, -0.1) is 0 Å². The molecule has 1 fully saturated rings. The van der Waals surface area contributed by atoms with E-state index in [1.165, 1.54) is 31.4 Å². The molecule has 100 valence electrons. The number of nitrogens with one attached hydrogen (secondary N) is 1. The fourth-order valence-corrected chi connectivity index (χ4v) is 2.55. The van der Waals surface area contributed by atoms with Crippen LogP contribution in [-0.2, 0) is 6.42 Å². The summed E-state index contributed by atoms with van der Waals surface area (Å²) in [5.41, 5.74) is 1.19. The molecule has 0 spiro atoms. The highest BCUT2D eigenvalue weighted by molar-refractivity contribution is 5.03. The van der Waals surface area contributed by atoms with Gasteiger partial charge < -0.3 is 10.2 Å². The quantitative estimate of drug-likeness (QED) is 0.799. The summed E-state index contributed by atoms with van der Waals surface area (Å²) in [6, 6.07) is 6.92. The Labute approximate surface area is 111 Å². The molecule has 2 rings (SSSR count). The second kappa shape index (κ2) is 7.49. The van der Waals surface area contributed by atoms with Crippen molar-refractivity contribution in [3.05, 3.63) is 30.1 Å².